The van der Waals surface area contributed by atoms with Crippen molar-refractivity contribution in [1.82, 2.24) is 4.90 Å². The molecule has 0 spiro atoms. The van der Waals surface area contributed by atoms with Crippen molar-refractivity contribution in [3.8, 4) is 6.07 Å². The average molecular weight is 250 g/mol. The number of nitriles is 1. The van der Waals surface area contributed by atoms with Crippen molar-refractivity contribution in [1.29, 1.82) is 5.26 Å². The Bertz CT molecular complexity index is 419. The average Bonchev–Trinajstić information content (AvgIpc) is 2.53. The van der Waals surface area contributed by atoms with Crippen molar-refractivity contribution < 1.29 is 14.3 Å². The minimum absolute atomic E-state index is 0.0372. The largest absolute Gasteiger partial charge is 0.444 e. The van der Waals surface area contributed by atoms with Crippen LogP contribution < -0.4 is 0 Å². The number of rotatable bonds is 0. The lowest BCUT2D eigenvalue weighted by atomic mass is 9.90. The number of carbonyl (C=O) groups is 2. The molecule has 2 fully saturated rings. The van der Waals surface area contributed by atoms with Crippen LogP contribution in [0.25, 0.3) is 0 Å². The van der Waals surface area contributed by atoms with Gasteiger partial charge in [-0.3, -0.25) is 4.79 Å². The fraction of sp³-hybridized carbons (Fsp3) is 0.769. The van der Waals surface area contributed by atoms with E-state index in [1.54, 1.807) is 4.90 Å². The molecule has 2 aliphatic rings. The van der Waals surface area contributed by atoms with E-state index >= 15 is 0 Å². The van der Waals surface area contributed by atoms with E-state index in [1.807, 2.05) is 26.8 Å². The van der Waals surface area contributed by atoms with E-state index < -0.39 is 17.6 Å². The second-order valence-corrected chi connectivity index (χ2v) is 5.96. The molecule has 0 saturated carbocycles. The summed E-state index contributed by atoms with van der Waals surface area (Å²) in [5.74, 6) is -0.721. The summed E-state index contributed by atoms with van der Waals surface area (Å²) in [5.41, 5.74) is -0.555. The van der Waals surface area contributed by atoms with Crippen LogP contribution in [-0.2, 0) is 9.53 Å². The number of fused-ring (bicyclic) bond motifs is 2. The number of Topliss-reactive ketones (excluding diaryl/α,β-unsaturated/α-hetero) is 1. The van der Waals surface area contributed by atoms with Crippen LogP contribution in [0, 0.1) is 17.2 Å². The number of piperidine rings is 1. The SMILES string of the molecule is CC(C)(C)OC(=O)N1C2CCC1C(C#N)C(=O)C2. The predicted molar refractivity (Wildman–Crippen MR) is 63.6 cm³/mol. The summed E-state index contributed by atoms with van der Waals surface area (Å²) in [7, 11) is 0. The van der Waals surface area contributed by atoms with Gasteiger partial charge in [0.15, 0.2) is 5.78 Å². The summed E-state index contributed by atoms with van der Waals surface area (Å²) in [6.45, 7) is 5.43. The van der Waals surface area contributed by atoms with Crippen LogP contribution in [0.3, 0.4) is 0 Å². The summed E-state index contributed by atoms with van der Waals surface area (Å²) in [6, 6.07) is 1.65. The van der Waals surface area contributed by atoms with E-state index in [0.29, 0.717) is 6.42 Å². The van der Waals surface area contributed by atoms with Gasteiger partial charge in [0.25, 0.3) is 0 Å². The molecule has 2 saturated heterocycles. The summed E-state index contributed by atoms with van der Waals surface area (Å²) >= 11 is 0. The van der Waals surface area contributed by atoms with E-state index in [2.05, 4.69) is 0 Å². The molecule has 2 aliphatic heterocycles. The fourth-order valence-corrected chi connectivity index (χ4v) is 2.77. The highest BCUT2D eigenvalue weighted by molar-refractivity contribution is 5.88. The minimum Gasteiger partial charge on any atom is -0.444 e. The molecule has 0 aromatic heterocycles. The summed E-state index contributed by atoms with van der Waals surface area (Å²) in [4.78, 5) is 25.5. The van der Waals surface area contributed by atoms with Crippen molar-refractivity contribution in [2.75, 3.05) is 0 Å². The van der Waals surface area contributed by atoms with Crippen molar-refractivity contribution in [2.45, 2.75) is 57.7 Å². The molecule has 2 heterocycles. The van der Waals surface area contributed by atoms with Gasteiger partial charge in [0, 0.05) is 12.5 Å². The Balaban J connectivity index is 2.18. The van der Waals surface area contributed by atoms with Gasteiger partial charge in [0.1, 0.15) is 11.5 Å². The summed E-state index contributed by atoms with van der Waals surface area (Å²) in [5, 5.41) is 9.06. The highest BCUT2D eigenvalue weighted by Crippen LogP contribution is 2.38. The molecule has 5 nitrogen and oxygen atoms in total. The Morgan fingerprint density at radius 3 is 2.67 bits per heavy atom. The van der Waals surface area contributed by atoms with Gasteiger partial charge >= 0.3 is 6.09 Å². The normalized spacial score (nSPS) is 31.1. The Morgan fingerprint density at radius 2 is 2.11 bits per heavy atom. The molecule has 3 atom stereocenters. The maximum Gasteiger partial charge on any atom is 0.410 e. The quantitative estimate of drug-likeness (QED) is 0.658. The molecule has 1 amide bonds. The van der Waals surface area contributed by atoms with Crippen LogP contribution in [0.4, 0.5) is 4.79 Å². The van der Waals surface area contributed by atoms with E-state index in [4.69, 9.17) is 10.00 Å². The monoisotopic (exact) mass is 250 g/mol. The third-order valence-corrected chi connectivity index (χ3v) is 3.46. The number of nitrogens with zero attached hydrogens (tertiary/aromatic N) is 2. The standard InChI is InChI=1S/C13H18N2O3/c1-13(2,3)18-12(17)15-8-4-5-10(15)9(7-14)11(16)6-8/h8-10H,4-6H2,1-3H3. The molecule has 2 rings (SSSR count). The zero-order chi connectivity index (χ0) is 13.5. The first-order valence-corrected chi connectivity index (χ1v) is 6.27. The number of amides is 1. The van der Waals surface area contributed by atoms with Crippen LogP contribution in [0.5, 0.6) is 0 Å². The third kappa shape index (κ3) is 2.20. The molecule has 0 aromatic carbocycles. The minimum atomic E-state index is -0.684. The van der Waals surface area contributed by atoms with Crippen LogP contribution in [0.15, 0.2) is 0 Å². The number of ether oxygens (including phenoxy) is 1. The van der Waals surface area contributed by atoms with Gasteiger partial charge in [-0.05, 0) is 33.6 Å². The first-order valence-electron chi connectivity index (χ1n) is 6.27. The number of hydrogen-bond donors (Lipinski definition) is 0. The van der Waals surface area contributed by atoms with Gasteiger partial charge in [-0.15, -0.1) is 0 Å². The smallest absolute Gasteiger partial charge is 0.410 e. The zero-order valence-electron chi connectivity index (χ0n) is 11.0. The second kappa shape index (κ2) is 4.27. The number of hydrogen-bond acceptors (Lipinski definition) is 4. The van der Waals surface area contributed by atoms with Gasteiger partial charge in [-0.1, -0.05) is 0 Å². The van der Waals surface area contributed by atoms with Crippen molar-refractivity contribution in [2.24, 2.45) is 5.92 Å². The van der Waals surface area contributed by atoms with Crippen LogP contribution in [0.1, 0.15) is 40.0 Å². The van der Waals surface area contributed by atoms with Crippen LogP contribution in [0.2, 0.25) is 0 Å². The molecule has 0 aromatic rings. The molecule has 0 aliphatic carbocycles. The topological polar surface area (TPSA) is 70.4 Å². The second-order valence-electron chi connectivity index (χ2n) is 5.96. The molecule has 18 heavy (non-hydrogen) atoms. The lowest BCUT2D eigenvalue weighted by Gasteiger charge is -2.37. The Kier molecular flexibility index (Phi) is 3.05. The van der Waals surface area contributed by atoms with E-state index in [1.165, 1.54) is 0 Å². The molecule has 0 N–H and O–H groups in total. The van der Waals surface area contributed by atoms with Gasteiger partial charge in [-0.25, -0.2) is 4.79 Å². The highest BCUT2D eigenvalue weighted by atomic mass is 16.6. The van der Waals surface area contributed by atoms with E-state index in [0.717, 1.165) is 6.42 Å². The molecule has 5 heteroatoms. The van der Waals surface area contributed by atoms with Crippen molar-refractivity contribution >= 4 is 11.9 Å². The third-order valence-electron chi connectivity index (χ3n) is 3.46. The summed E-state index contributed by atoms with van der Waals surface area (Å²) < 4.78 is 5.35. The number of carbonyl (C=O) groups excluding carboxylic acids is 2. The maximum absolute atomic E-state index is 12.1. The van der Waals surface area contributed by atoms with Crippen LogP contribution in [-0.4, -0.2) is 34.5 Å². The van der Waals surface area contributed by atoms with E-state index in [-0.39, 0.29) is 24.3 Å². The van der Waals surface area contributed by atoms with Crippen LogP contribution >= 0.6 is 0 Å². The molecular weight excluding hydrogens is 232 g/mol. The molecular formula is C13H18N2O3. The maximum atomic E-state index is 12.1. The van der Waals surface area contributed by atoms with Crippen molar-refractivity contribution in [3.63, 3.8) is 0 Å². The first kappa shape index (κ1) is 12.9. The predicted octanol–water partition coefficient (Wildman–Crippen LogP) is 1.87. The van der Waals surface area contributed by atoms with Gasteiger partial charge in [-0.2, -0.15) is 5.26 Å². The lowest BCUT2D eigenvalue weighted by molar-refractivity contribution is -0.126. The van der Waals surface area contributed by atoms with Gasteiger partial charge in [0.05, 0.1) is 12.1 Å². The van der Waals surface area contributed by atoms with Gasteiger partial charge < -0.3 is 9.64 Å². The zero-order valence-corrected chi connectivity index (χ0v) is 11.0. The highest BCUT2D eigenvalue weighted by Gasteiger charge is 2.50. The molecule has 0 radical (unpaired) electrons. The van der Waals surface area contributed by atoms with Gasteiger partial charge in [0.2, 0.25) is 0 Å². The number of ketones is 1. The molecule has 3 unspecified atom stereocenters. The van der Waals surface area contributed by atoms with E-state index in [9.17, 15) is 9.59 Å². The molecule has 98 valence electrons. The van der Waals surface area contributed by atoms with Crippen molar-refractivity contribution in [3.05, 3.63) is 0 Å². The Hall–Kier alpha value is -1.57. The Labute approximate surface area is 107 Å². The fourth-order valence-electron chi connectivity index (χ4n) is 2.77. The molecule has 2 bridgehead atoms. The lowest BCUT2D eigenvalue weighted by Crippen LogP contribution is -2.52. The first-order chi connectivity index (χ1) is 8.33. The summed E-state index contributed by atoms with van der Waals surface area (Å²) in [6.07, 6.45) is 1.39. The Morgan fingerprint density at radius 1 is 1.44 bits per heavy atom.